The molecule has 0 fully saturated rings. The number of halogens is 1. The van der Waals surface area contributed by atoms with E-state index >= 15 is 0 Å². The van der Waals surface area contributed by atoms with Gasteiger partial charge in [0.25, 0.3) is 0 Å². The van der Waals surface area contributed by atoms with E-state index in [9.17, 15) is 4.79 Å². The molecule has 0 aromatic carbocycles. The van der Waals surface area contributed by atoms with Gasteiger partial charge in [-0.25, -0.2) is 0 Å². The van der Waals surface area contributed by atoms with E-state index in [0.29, 0.717) is 23.7 Å². The molecule has 2 aromatic heterocycles. The van der Waals surface area contributed by atoms with Crippen LogP contribution in [0.5, 0.6) is 0 Å². The third-order valence-electron chi connectivity index (χ3n) is 3.10. The van der Waals surface area contributed by atoms with Gasteiger partial charge in [-0.3, -0.25) is 9.78 Å². The van der Waals surface area contributed by atoms with Gasteiger partial charge in [0, 0.05) is 37.3 Å². The average molecular weight is 279 g/mol. The molecule has 2 heterocycles. The van der Waals surface area contributed by atoms with Crippen LogP contribution in [-0.4, -0.2) is 29.6 Å². The number of rotatable bonds is 5. The second-order valence-corrected chi connectivity index (χ2v) is 4.54. The highest BCUT2D eigenvalue weighted by molar-refractivity contribution is 6.35. The Hall–Kier alpha value is -1.65. The number of hydrogen-bond acceptors (Lipinski definition) is 3. The minimum Gasteiger partial charge on any atom is -0.383 e. The van der Waals surface area contributed by atoms with Gasteiger partial charge in [-0.2, -0.15) is 0 Å². The van der Waals surface area contributed by atoms with Crippen molar-refractivity contribution < 1.29 is 9.53 Å². The molecule has 0 atom stereocenters. The first kappa shape index (κ1) is 13.8. The lowest BCUT2D eigenvalue weighted by atomic mass is 10.2. The normalized spacial score (nSPS) is 10.7. The minimum absolute atomic E-state index is 0.481. The van der Waals surface area contributed by atoms with E-state index in [1.54, 1.807) is 19.5 Å². The van der Waals surface area contributed by atoms with Crippen LogP contribution < -0.4 is 0 Å². The SMILES string of the molecule is COCCn1c(C)c(C=O)c(Cl)c1-c1ccncc1. The lowest BCUT2D eigenvalue weighted by Gasteiger charge is -2.11. The summed E-state index contributed by atoms with van der Waals surface area (Å²) in [5.74, 6) is 0. The van der Waals surface area contributed by atoms with Crippen LogP contribution >= 0.6 is 11.6 Å². The van der Waals surface area contributed by atoms with Crippen LogP contribution in [0.2, 0.25) is 5.02 Å². The molecular weight excluding hydrogens is 264 g/mol. The molecule has 2 rings (SSSR count). The Bertz CT molecular complexity index is 579. The first-order valence-corrected chi connectivity index (χ1v) is 6.31. The molecule has 5 heteroatoms. The van der Waals surface area contributed by atoms with Gasteiger partial charge in [0.1, 0.15) is 0 Å². The van der Waals surface area contributed by atoms with Gasteiger partial charge in [-0.1, -0.05) is 11.6 Å². The highest BCUT2D eigenvalue weighted by atomic mass is 35.5. The van der Waals surface area contributed by atoms with Crippen molar-refractivity contribution in [1.82, 2.24) is 9.55 Å². The fourth-order valence-corrected chi connectivity index (χ4v) is 2.50. The van der Waals surface area contributed by atoms with Gasteiger partial charge in [-0.15, -0.1) is 0 Å². The Morgan fingerprint density at radius 2 is 2.11 bits per heavy atom. The number of ether oxygens (including phenoxy) is 1. The zero-order valence-corrected chi connectivity index (χ0v) is 11.6. The maximum Gasteiger partial charge on any atom is 0.153 e. The number of aldehydes is 1. The standard InChI is InChI=1S/C14H15ClN2O2/c1-10-12(9-18)13(15)14(17(10)7-8-19-2)11-3-5-16-6-4-11/h3-6,9H,7-8H2,1-2H3. The second-order valence-electron chi connectivity index (χ2n) is 4.16. The molecule has 0 N–H and O–H groups in total. The quantitative estimate of drug-likeness (QED) is 0.790. The molecule has 2 aromatic rings. The van der Waals surface area contributed by atoms with E-state index < -0.39 is 0 Å². The summed E-state index contributed by atoms with van der Waals surface area (Å²) in [6, 6.07) is 3.75. The summed E-state index contributed by atoms with van der Waals surface area (Å²) in [5.41, 5.74) is 3.15. The zero-order valence-electron chi connectivity index (χ0n) is 10.9. The first-order valence-electron chi connectivity index (χ1n) is 5.93. The van der Waals surface area contributed by atoms with Crippen LogP contribution in [0.3, 0.4) is 0 Å². The Labute approximate surface area is 117 Å². The van der Waals surface area contributed by atoms with Gasteiger partial charge in [0.2, 0.25) is 0 Å². The monoisotopic (exact) mass is 278 g/mol. The van der Waals surface area contributed by atoms with E-state index in [1.165, 1.54) is 0 Å². The molecule has 19 heavy (non-hydrogen) atoms. The molecule has 0 bridgehead atoms. The maximum atomic E-state index is 11.2. The second kappa shape index (κ2) is 5.99. The smallest absolute Gasteiger partial charge is 0.153 e. The number of nitrogens with zero attached hydrogens (tertiary/aromatic N) is 2. The maximum absolute atomic E-state index is 11.2. The van der Waals surface area contributed by atoms with Gasteiger partial charge < -0.3 is 9.30 Å². The predicted molar refractivity (Wildman–Crippen MR) is 74.7 cm³/mol. The van der Waals surface area contributed by atoms with Crippen LogP contribution in [0.4, 0.5) is 0 Å². The van der Waals surface area contributed by atoms with E-state index in [4.69, 9.17) is 16.3 Å². The molecule has 0 aliphatic rings. The van der Waals surface area contributed by atoms with E-state index in [1.807, 2.05) is 23.6 Å². The summed E-state index contributed by atoms with van der Waals surface area (Å²) < 4.78 is 7.11. The van der Waals surface area contributed by atoms with Crippen LogP contribution in [-0.2, 0) is 11.3 Å². The molecule has 0 saturated heterocycles. The van der Waals surface area contributed by atoms with Gasteiger partial charge in [-0.05, 0) is 19.1 Å². The van der Waals surface area contributed by atoms with Crippen molar-refractivity contribution >= 4 is 17.9 Å². The lowest BCUT2D eigenvalue weighted by Crippen LogP contribution is -2.07. The molecule has 0 spiro atoms. The molecular formula is C14H15ClN2O2. The van der Waals surface area contributed by atoms with E-state index in [2.05, 4.69) is 4.98 Å². The number of pyridine rings is 1. The zero-order chi connectivity index (χ0) is 13.8. The molecule has 0 amide bonds. The fraction of sp³-hybridized carbons (Fsp3) is 0.286. The summed E-state index contributed by atoms with van der Waals surface area (Å²) in [5, 5.41) is 0.481. The third kappa shape index (κ3) is 2.55. The van der Waals surface area contributed by atoms with Crippen molar-refractivity contribution in [2.75, 3.05) is 13.7 Å². The Kier molecular flexibility index (Phi) is 4.35. The van der Waals surface area contributed by atoms with Crippen molar-refractivity contribution in [3.05, 3.63) is 40.8 Å². The summed E-state index contributed by atoms with van der Waals surface area (Å²) in [4.78, 5) is 15.2. The molecule has 4 nitrogen and oxygen atoms in total. The lowest BCUT2D eigenvalue weighted by molar-refractivity contribution is 0.112. The third-order valence-corrected chi connectivity index (χ3v) is 3.48. The largest absolute Gasteiger partial charge is 0.383 e. The van der Waals surface area contributed by atoms with E-state index in [-0.39, 0.29) is 0 Å². The van der Waals surface area contributed by atoms with Crippen LogP contribution in [0.15, 0.2) is 24.5 Å². The van der Waals surface area contributed by atoms with Crippen molar-refractivity contribution in [1.29, 1.82) is 0 Å². The van der Waals surface area contributed by atoms with Crippen LogP contribution in [0, 0.1) is 6.92 Å². The van der Waals surface area contributed by atoms with Crippen molar-refractivity contribution in [2.24, 2.45) is 0 Å². The Morgan fingerprint density at radius 1 is 1.42 bits per heavy atom. The topological polar surface area (TPSA) is 44.1 Å². The molecule has 0 saturated carbocycles. The average Bonchev–Trinajstić information content (AvgIpc) is 2.68. The number of methoxy groups -OCH3 is 1. The van der Waals surface area contributed by atoms with Crippen LogP contribution in [0.1, 0.15) is 16.1 Å². The van der Waals surface area contributed by atoms with E-state index in [0.717, 1.165) is 23.2 Å². The van der Waals surface area contributed by atoms with Gasteiger partial charge in [0.15, 0.2) is 6.29 Å². The Balaban J connectivity index is 2.60. The summed E-state index contributed by atoms with van der Waals surface area (Å²) in [7, 11) is 1.65. The van der Waals surface area contributed by atoms with Crippen molar-refractivity contribution in [3.8, 4) is 11.3 Å². The molecule has 0 unspecified atom stereocenters. The molecule has 0 aliphatic carbocycles. The van der Waals surface area contributed by atoms with Gasteiger partial charge in [0.05, 0.1) is 22.9 Å². The number of carbonyl (C=O) groups is 1. The summed E-state index contributed by atoms with van der Waals surface area (Å²) >= 11 is 6.34. The van der Waals surface area contributed by atoms with Crippen molar-refractivity contribution in [2.45, 2.75) is 13.5 Å². The fourth-order valence-electron chi connectivity index (χ4n) is 2.11. The minimum atomic E-state index is 0.481. The predicted octanol–water partition coefficient (Wildman–Crippen LogP) is 2.97. The van der Waals surface area contributed by atoms with Crippen LogP contribution in [0.25, 0.3) is 11.3 Å². The summed E-state index contributed by atoms with van der Waals surface area (Å²) in [6.07, 6.45) is 4.20. The van der Waals surface area contributed by atoms with Gasteiger partial charge >= 0.3 is 0 Å². The number of hydrogen-bond donors (Lipinski definition) is 0. The molecule has 100 valence electrons. The highest BCUT2D eigenvalue weighted by Crippen LogP contribution is 2.34. The molecule has 0 radical (unpaired) electrons. The van der Waals surface area contributed by atoms with Crippen molar-refractivity contribution in [3.63, 3.8) is 0 Å². The number of carbonyl (C=O) groups excluding carboxylic acids is 1. The summed E-state index contributed by atoms with van der Waals surface area (Å²) in [6.45, 7) is 3.09. The number of aromatic nitrogens is 2. The first-order chi connectivity index (χ1) is 9.20. The molecule has 0 aliphatic heterocycles. The Morgan fingerprint density at radius 3 is 2.68 bits per heavy atom. The highest BCUT2D eigenvalue weighted by Gasteiger charge is 2.19.